The molecule has 1 aliphatic heterocycles. The molecule has 1 amide bonds. The largest absolute Gasteiger partial charge is 0.433 e. The van der Waals surface area contributed by atoms with E-state index in [0.717, 1.165) is 25.7 Å². The summed E-state index contributed by atoms with van der Waals surface area (Å²) in [4.78, 5) is 14.3. The second-order valence-electron chi connectivity index (χ2n) is 7.32. The van der Waals surface area contributed by atoms with Crippen LogP contribution < -0.4 is 0 Å². The molecule has 0 unspecified atom stereocenters. The molecular formula is C19H33NO3. The van der Waals surface area contributed by atoms with Crippen molar-refractivity contribution in [3.63, 3.8) is 0 Å². The Morgan fingerprint density at radius 1 is 1.22 bits per heavy atom. The molecule has 1 heterocycles. The number of unbranched alkanes of at least 4 members (excludes halogenated alkanes) is 3. The molecule has 0 aliphatic carbocycles. The molecule has 1 atom stereocenters. The number of hydrogen-bond acceptors (Lipinski definition) is 3. The highest BCUT2D eigenvalue weighted by Gasteiger charge is 2.50. The number of amides is 1. The Bertz CT molecular complexity index is 429. The number of carbonyl (C=O) groups excluding carboxylic acids is 1. The fourth-order valence-electron chi connectivity index (χ4n) is 2.92. The minimum atomic E-state index is -0.647. The van der Waals surface area contributed by atoms with E-state index in [9.17, 15) is 4.79 Å². The summed E-state index contributed by atoms with van der Waals surface area (Å²) < 4.78 is 11.4. The molecule has 0 radical (unpaired) electrons. The van der Waals surface area contributed by atoms with Crippen LogP contribution in [-0.2, 0) is 9.47 Å². The SMILES string of the molecule is CCCCCC#C[C@@H](CCC)OC(=O)N1C(C)(C)COC1(C)C. The smallest absolute Gasteiger partial charge is 0.413 e. The van der Waals surface area contributed by atoms with Gasteiger partial charge >= 0.3 is 6.09 Å². The van der Waals surface area contributed by atoms with E-state index < -0.39 is 5.72 Å². The summed E-state index contributed by atoms with van der Waals surface area (Å²) in [5.74, 6) is 6.29. The molecule has 4 heteroatoms. The van der Waals surface area contributed by atoms with E-state index in [1.807, 2.05) is 27.7 Å². The maximum atomic E-state index is 12.7. The van der Waals surface area contributed by atoms with Crippen molar-refractivity contribution >= 4 is 6.09 Å². The van der Waals surface area contributed by atoms with Gasteiger partial charge in [0, 0.05) is 6.42 Å². The van der Waals surface area contributed by atoms with Crippen molar-refractivity contribution in [1.29, 1.82) is 0 Å². The first kappa shape index (κ1) is 19.8. The quantitative estimate of drug-likeness (QED) is 0.524. The lowest BCUT2D eigenvalue weighted by molar-refractivity contribution is -0.0552. The van der Waals surface area contributed by atoms with Crippen LogP contribution in [0, 0.1) is 11.8 Å². The van der Waals surface area contributed by atoms with Crippen molar-refractivity contribution in [1.82, 2.24) is 4.90 Å². The topological polar surface area (TPSA) is 38.8 Å². The number of ether oxygens (including phenoxy) is 2. The fraction of sp³-hybridized carbons (Fsp3) is 0.842. The van der Waals surface area contributed by atoms with Gasteiger partial charge in [-0.1, -0.05) is 45.0 Å². The van der Waals surface area contributed by atoms with E-state index in [0.29, 0.717) is 6.61 Å². The molecule has 0 aromatic rings. The molecule has 1 rings (SSSR count). The van der Waals surface area contributed by atoms with Crippen molar-refractivity contribution in [3.05, 3.63) is 0 Å². The summed E-state index contributed by atoms with van der Waals surface area (Å²) in [5.41, 5.74) is -1.02. The fourth-order valence-corrected chi connectivity index (χ4v) is 2.92. The second-order valence-corrected chi connectivity index (χ2v) is 7.32. The first-order valence-corrected chi connectivity index (χ1v) is 8.88. The highest BCUT2D eigenvalue weighted by Crippen LogP contribution is 2.35. The average Bonchev–Trinajstić information content (AvgIpc) is 2.67. The predicted octanol–water partition coefficient (Wildman–Crippen LogP) is 4.72. The highest BCUT2D eigenvalue weighted by molar-refractivity contribution is 5.70. The van der Waals surface area contributed by atoms with Crippen molar-refractivity contribution in [2.45, 2.75) is 97.4 Å². The molecule has 0 aromatic heterocycles. The summed E-state index contributed by atoms with van der Waals surface area (Å²) in [6.45, 7) is 12.5. The highest BCUT2D eigenvalue weighted by atomic mass is 16.6. The molecule has 1 aliphatic rings. The van der Waals surface area contributed by atoms with Gasteiger partial charge < -0.3 is 9.47 Å². The summed E-state index contributed by atoms with van der Waals surface area (Å²) >= 11 is 0. The lowest BCUT2D eigenvalue weighted by Crippen LogP contribution is -2.53. The van der Waals surface area contributed by atoms with Crippen LogP contribution >= 0.6 is 0 Å². The Hall–Kier alpha value is -1.21. The zero-order valence-electron chi connectivity index (χ0n) is 15.7. The molecule has 1 fully saturated rings. The first-order chi connectivity index (χ1) is 10.7. The van der Waals surface area contributed by atoms with Crippen molar-refractivity contribution in [3.8, 4) is 11.8 Å². The zero-order chi connectivity index (χ0) is 17.5. The Morgan fingerprint density at radius 2 is 1.91 bits per heavy atom. The third-order valence-electron chi connectivity index (χ3n) is 4.07. The molecule has 0 bridgehead atoms. The molecular weight excluding hydrogens is 290 g/mol. The number of nitrogens with zero attached hydrogens (tertiary/aromatic N) is 1. The van der Waals surface area contributed by atoms with Gasteiger partial charge in [0.15, 0.2) is 6.10 Å². The van der Waals surface area contributed by atoms with Crippen molar-refractivity contribution in [2.24, 2.45) is 0 Å². The van der Waals surface area contributed by atoms with Gasteiger partial charge in [-0.3, -0.25) is 4.90 Å². The first-order valence-electron chi connectivity index (χ1n) is 8.88. The van der Waals surface area contributed by atoms with E-state index in [4.69, 9.17) is 9.47 Å². The number of hydrogen-bond donors (Lipinski definition) is 0. The minimum Gasteiger partial charge on any atom is -0.433 e. The standard InChI is InChI=1S/C19H33NO3/c1-7-9-10-11-12-14-16(13-8-2)23-17(21)20-18(3,4)15-22-19(20,5)6/h16H,7-11,13,15H2,1-6H3/t16-/m1/s1. The summed E-state index contributed by atoms with van der Waals surface area (Å²) in [5, 5.41) is 0. The van der Waals surface area contributed by atoms with Crippen LogP contribution in [0.1, 0.15) is 80.1 Å². The van der Waals surface area contributed by atoms with E-state index in [1.165, 1.54) is 12.8 Å². The average molecular weight is 323 g/mol. The third kappa shape index (κ3) is 5.73. The van der Waals surface area contributed by atoms with Crippen LogP contribution in [0.2, 0.25) is 0 Å². The number of rotatable bonds is 6. The van der Waals surface area contributed by atoms with Gasteiger partial charge in [-0.15, -0.1) is 0 Å². The van der Waals surface area contributed by atoms with Crippen LogP contribution in [-0.4, -0.2) is 35.0 Å². The van der Waals surface area contributed by atoms with Gasteiger partial charge in [-0.05, 0) is 40.5 Å². The zero-order valence-corrected chi connectivity index (χ0v) is 15.7. The molecule has 1 saturated heterocycles. The Labute approximate surface area is 141 Å². The van der Waals surface area contributed by atoms with E-state index in [2.05, 4.69) is 25.7 Å². The van der Waals surface area contributed by atoms with Crippen LogP contribution in [0.3, 0.4) is 0 Å². The van der Waals surface area contributed by atoms with Crippen LogP contribution in [0.15, 0.2) is 0 Å². The van der Waals surface area contributed by atoms with Gasteiger partial charge in [-0.2, -0.15) is 0 Å². The van der Waals surface area contributed by atoms with Crippen LogP contribution in [0.4, 0.5) is 4.79 Å². The van der Waals surface area contributed by atoms with E-state index in [-0.39, 0.29) is 17.7 Å². The van der Waals surface area contributed by atoms with Gasteiger partial charge in [0.25, 0.3) is 0 Å². The lowest BCUT2D eigenvalue weighted by atomic mass is 10.0. The van der Waals surface area contributed by atoms with E-state index in [1.54, 1.807) is 4.90 Å². The van der Waals surface area contributed by atoms with Gasteiger partial charge in [-0.25, -0.2) is 4.79 Å². The number of carbonyl (C=O) groups is 1. The Morgan fingerprint density at radius 3 is 2.43 bits per heavy atom. The molecule has 132 valence electrons. The van der Waals surface area contributed by atoms with Crippen molar-refractivity contribution in [2.75, 3.05) is 6.61 Å². The van der Waals surface area contributed by atoms with E-state index >= 15 is 0 Å². The second kappa shape index (κ2) is 8.59. The third-order valence-corrected chi connectivity index (χ3v) is 4.07. The van der Waals surface area contributed by atoms with Gasteiger partial charge in [0.05, 0.1) is 12.1 Å². The molecule has 0 aromatic carbocycles. The summed E-state index contributed by atoms with van der Waals surface area (Å²) in [6.07, 6.45) is 5.40. The molecule has 4 nitrogen and oxygen atoms in total. The maximum absolute atomic E-state index is 12.7. The monoisotopic (exact) mass is 323 g/mol. The van der Waals surface area contributed by atoms with Crippen molar-refractivity contribution < 1.29 is 14.3 Å². The van der Waals surface area contributed by atoms with Gasteiger partial charge in [0.1, 0.15) is 5.72 Å². The molecule has 23 heavy (non-hydrogen) atoms. The Kier molecular flexibility index (Phi) is 7.41. The Balaban J connectivity index is 2.70. The molecule has 0 N–H and O–H groups in total. The predicted molar refractivity (Wildman–Crippen MR) is 93.0 cm³/mol. The minimum absolute atomic E-state index is 0.332. The van der Waals surface area contributed by atoms with Crippen LogP contribution in [0.25, 0.3) is 0 Å². The lowest BCUT2D eigenvalue weighted by Gasteiger charge is -2.37. The normalized spacial score (nSPS) is 19.8. The van der Waals surface area contributed by atoms with Crippen LogP contribution in [0.5, 0.6) is 0 Å². The molecule has 0 spiro atoms. The maximum Gasteiger partial charge on any atom is 0.413 e. The molecule has 0 saturated carbocycles. The van der Waals surface area contributed by atoms with Gasteiger partial charge in [0.2, 0.25) is 0 Å². The summed E-state index contributed by atoms with van der Waals surface area (Å²) in [6, 6.07) is 0. The summed E-state index contributed by atoms with van der Waals surface area (Å²) in [7, 11) is 0.